The molecule has 2 aromatic rings. The Kier molecular flexibility index (Phi) is 5.38. The maximum absolute atomic E-state index is 13.3. The van der Waals surface area contributed by atoms with Gasteiger partial charge in [-0.3, -0.25) is 14.9 Å². The molecule has 0 aliphatic carbocycles. The summed E-state index contributed by atoms with van der Waals surface area (Å²) in [5.74, 6) is -0.262. The van der Waals surface area contributed by atoms with Gasteiger partial charge in [-0.2, -0.15) is 0 Å². The first kappa shape index (κ1) is 17.8. The molecule has 0 aromatic heterocycles. The van der Waals surface area contributed by atoms with Gasteiger partial charge in [0.1, 0.15) is 18.2 Å². The molecule has 0 unspecified atom stereocenters. The summed E-state index contributed by atoms with van der Waals surface area (Å²) in [6.45, 7) is 0.0626. The largest absolute Gasteiger partial charge is 0.515 e. The van der Waals surface area contributed by atoms with Crippen molar-refractivity contribution in [2.75, 3.05) is 6.61 Å². The molecule has 3 rings (SSSR count). The van der Waals surface area contributed by atoms with Gasteiger partial charge in [-0.25, -0.2) is 4.39 Å². The monoisotopic (exact) mass is 371 g/mol. The smallest absolute Gasteiger partial charge is 0.290 e. The first-order chi connectivity index (χ1) is 12.5. The number of benzene rings is 2. The lowest BCUT2D eigenvalue weighted by atomic mass is 10.1. The molecular weight excluding hydrogens is 357 g/mol. The summed E-state index contributed by atoms with van der Waals surface area (Å²) >= 11 is 0.853. The number of thioether (sulfide) groups is 1. The molecule has 132 valence electrons. The highest BCUT2D eigenvalue weighted by atomic mass is 32.2. The van der Waals surface area contributed by atoms with Crippen molar-refractivity contribution in [3.63, 3.8) is 0 Å². The Morgan fingerprint density at radius 2 is 1.96 bits per heavy atom. The minimum Gasteiger partial charge on any atom is -0.515 e. The van der Waals surface area contributed by atoms with Crippen LogP contribution in [0, 0.1) is 5.82 Å². The topological polar surface area (TPSA) is 75.6 Å². The van der Waals surface area contributed by atoms with Gasteiger partial charge in [0.2, 0.25) is 0 Å². The van der Waals surface area contributed by atoms with Crippen molar-refractivity contribution >= 4 is 34.6 Å². The Labute approximate surface area is 153 Å². The van der Waals surface area contributed by atoms with Crippen LogP contribution in [-0.2, 0) is 4.79 Å². The second-order valence-corrected chi connectivity index (χ2v) is 6.39. The normalized spacial score (nSPS) is 16.0. The molecule has 0 saturated carbocycles. The molecule has 2 aromatic carbocycles. The second-order valence-electron chi connectivity index (χ2n) is 5.37. The molecule has 1 aliphatic heterocycles. The van der Waals surface area contributed by atoms with Crippen LogP contribution in [0.2, 0.25) is 0 Å². The molecule has 2 N–H and O–H groups in total. The number of amides is 2. The first-order valence-electron chi connectivity index (χ1n) is 7.62. The van der Waals surface area contributed by atoms with Gasteiger partial charge in [0.05, 0.1) is 11.2 Å². The van der Waals surface area contributed by atoms with Crippen molar-refractivity contribution in [2.45, 2.75) is 0 Å². The van der Waals surface area contributed by atoms with Gasteiger partial charge in [0.15, 0.2) is 0 Å². The number of hydrogen-bond acceptors (Lipinski definition) is 5. The highest BCUT2D eigenvalue weighted by Gasteiger charge is 2.24. The van der Waals surface area contributed by atoms with Crippen molar-refractivity contribution in [1.82, 2.24) is 5.32 Å². The van der Waals surface area contributed by atoms with E-state index in [9.17, 15) is 19.1 Å². The van der Waals surface area contributed by atoms with E-state index in [4.69, 9.17) is 4.74 Å². The summed E-state index contributed by atoms with van der Waals surface area (Å²) in [7, 11) is 0. The maximum atomic E-state index is 13.3. The fourth-order valence-electron chi connectivity index (χ4n) is 2.28. The van der Waals surface area contributed by atoms with E-state index in [1.165, 1.54) is 12.1 Å². The average Bonchev–Trinajstić information content (AvgIpc) is 2.94. The maximum Gasteiger partial charge on any atom is 0.290 e. The quantitative estimate of drug-likeness (QED) is 0.611. The summed E-state index contributed by atoms with van der Waals surface area (Å²) in [6, 6.07) is 12.7. The Morgan fingerprint density at radius 1 is 1.19 bits per heavy atom. The van der Waals surface area contributed by atoms with E-state index in [0.29, 0.717) is 21.8 Å². The highest BCUT2D eigenvalue weighted by molar-refractivity contribution is 8.18. The number of carbonyl (C=O) groups excluding carboxylic acids is 2. The Bertz CT molecular complexity index is 906. The summed E-state index contributed by atoms with van der Waals surface area (Å²) in [5.41, 5.74) is 1.71. The molecule has 0 atom stereocenters. The Morgan fingerprint density at radius 3 is 2.58 bits per heavy atom. The number of nitrogens with one attached hydrogen (secondary N) is 1. The molecule has 1 heterocycles. The van der Waals surface area contributed by atoms with Crippen molar-refractivity contribution < 1.29 is 23.8 Å². The molecular formula is C19H14FNO4S. The first-order valence-corrected chi connectivity index (χ1v) is 8.44. The van der Waals surface area contributed by atoms with E-state index < -0.39 is 11.7 Å². The number of halogens is 1. The van der Waals surface area contributed by atoms with Gasteiger partial charge in [-0.05, 0) is 53.2 Å². The zero-order valence-electron chi connectivity index (χ0n) is 13.4. The summed E-state index contributed by atoms with van der Waals surface area (Å²) in [5, 5.41) is 11.2. The van der Waals surface area contributed by atoms with E-state index in [0.717, 1.165) is 23.6 Å². The predicted octanol–water partition coefficient (Wildman–Crippen LogP) is 4.13. The van der Waals surface area contributed by atoms with Gasteiger partial charge >= 0.3 is 0 Å². The van der Waals surface area contributed by atoms with Crippen LogP contribution in [-0.4, -0.2) is 22.9 Å². The van der Waals surface area contributed by atoms with Crippen LogP contribution < -0.4 is 10.1 Å². The zero-order chi connectivity index (χ0) is 18.5. The lowest BCUT2D eigenvalue weighted by Gasteiger charge is -2.09. The number of ether oxygens (including phenoxy) is 1. The average molecular weight is 371 g/mol. The fourth-order valence-corrected chi connectivity index (χ4v) is 2.96. The van der Waals surface area contributed by atoms with Crippen LogP contribution in [0.4, 0.5) is 9.18 Å². The molecule has 1 saturated heterocycles. The lowest BCUT2D eigenvalue weighted by molar-refractivity contribution is -0.115. The van der Waals surface area contributed by atoms with E-state index >= 15 is 0 Å². The molecule has 0 spiro atoms. The second kappa shape index (κ2) is 7.88. The van der Waals surface area contributed by atoms with Crippen LogP contribution in [0.1, 0.15) is 11.1 Å². The molecule has 7 heteroatoms. The molecule has 2 amide bonds. The van der Waals surface area contributed by atoms with Crippen LogP contribution in [0.25, 0.3) is 11.6 Å². The van der Waals surface area contributed by atoms with Crippen LogP contribution in [0.5, 0.6) is 5.75 Å². The van der Waals surface area contributed by atoms with Gasteiger partial charge in [-0.1, -0.05) is 24.3 Å². The van der Waals surface area contributed by atoms with Crippen molar-refractivity contribution in [1.29, 1.82) is 0 Å². The molecule has 1 fully saturated rings. The SMILES string of the molecule is O=C1NC(=O)/C(=C/c2ccc(OC/C(=C\O)c3cccc(F)c3)cc2)S1. The van der Waals surface area contributed by atoms with E-state index in [-0.39, 0.29) is 11.8 Å². The number of hydrogen-bond donors (Lipinski definition) is 2. The Hall–Kier alpha value is -3.06. The molecule has 5 nitrogen and oxygen atoms in total. The third kappa shape index (κ3) is 4.31. The number of rotatable bonds is 5. The summed E-state index contributed by atoms with van der Waals surface area (Å²) in [6.07, 6.45) is 2.50. The van der Waals surface area contributed by atoms with Crippen LogP contribution in [0.15, 0.2) is 59.7 Å². The minimum absolute atomic E-state index is 0.0626. The van der Waals surface area contributed by atoms with E-state index in [2.05, 4.69) is 5.32 Å². The van der Waals surface area contributed by atoms with Crippen molar-refractivity contribution in [3.05, 3.63) is 76.6 Å². The fraction of sp³-hybridized carbons (Fsp3) is 0.0526. The van der Waals surface area contributed by atoms with E-state index in [1.54, 1.807) is 42.5 Å². The number of aliphatic hydroxyl groups excluding tert-OH is 1. The number of imide groups is 1. The van der Waals surface area contributed by atoms with Crippen LogP contribution in [0.3, 0.4) is 0 Å². The third-order valence-electron chi connectivity index (χ3n) is 3.57. The number of carbonyl (C=O) groups is 2. The standard InChI is InChI=1S/C19H14FNO4S/c20-15-3-1-2-13(9-15)14(10-22)11-25-16-6-4-12(5-7-16)8-17-18(23)21-19(24)26-17/h1-10,22H,11H2,(H,21,23,24)/b14-10+,17-8-. The van der Waals surface area contributed by atoms with E-state index in [1.807, 2.05) is 0 Å². The third-order valence-corrected chi connectivity index (χ3v) is 4.38. The van der Waals surface area contributed by atoms with Gasteiger partial charge in [-0.15, -0.1) is 0 Å². The molecule has 1 aliphatic rings. The van der Waals surface area contributed by atoms with Crippen molar-refractivity contribution in [3.8, 4) is 5.75 Å². The van der Waals surface area contributed by atoms with Gasteiger partial charge in [0.25, 0.3) is 11.1 Å². The highest BCUT2D eigenvalue weighted by Crippen LogP contribution is 2.26. The molecule has 0 radical (unpaired) electrons. The minimum atomic E-state index is -0.409. The molecule has 0 bridgehead atoms. The van der Waals surface area contributed by atoms with Crippen LogP contribution >= 0.6 is 11.8 Å². The predicted molar refractivity (Wildman–Crippen MR) is 98.0 cm³/mol. The zero-order valence-corrected chi connectivity index (χ0v) is 14.3. The molecule has 26 heavy (non-hydrogen) atoms. The lowest BCUT2D eigenvalue weighted by Crippen LogP contribution is -2.17. The van der Waals surface area contributed by atoms with Crippen molar-refractivity contribution in [2.24, 2.45) is 0 Å². The van der Waals surface area contributed by atoms with Gasteiger partial charge in [0, 0.05) is 5.57 Å². The van der Waals surface area contributed by atoms with Gasteiger partial charge < -0.3 is 9.84 Å². The Balaban J connectivity index is 1.65. The number of aliphatic hydroxyl groups is 1. The summed E-state index contributed by atoms with van der Waals surface area (Å²) in [4.78, 5) is 23.0. The summed E-state index contributed by atoms with van der Waals surface area (Å²) < 4.78 is 18.9.